The van der Waals surface area contributed by atoms with Gasteiger partial charge in [-0.2, -0.15) is 0 Å². The van der Waals surface area contributed by atoms with Gasteiger partial charge in [-0.05, 0) is 43.2 Å². The zero-order valence-electron chi connectivity index (χ0n) is 11.7. The summed E-state index contributed by atoms with van der Waals surface area (Å²) in [6.07, 6.45) is 0. The van der Waals surface area contributed by atoms with Crippen molar-refractivity contribution in [3.8, 4) is 0 Å². The minimum Gasteiger partial charge on any atom is -0.325 e. The molecule has 2 nitrogen and oxygen atoms in total. The molecule has 0 aliphatic rings. The van der Waals surface area contributed by atoms with E-state index in [4.69, 9.17) is 23.2 Å². The Morgan fingerprint density at radius 1 is 1.14 bits per heavy atom. The first-order valence-corrected chi connectivity index (χ1v) is 8.15. The van der Waals surface area contributed by atoms with Crippen LogP contribution in [0, 0.1) is 13.8 Å². The molecule has 0 atom stereocenters. The van der Waals surface area contributed by atoms with Crippen molar-refractivity contribution in [2.24, 2.45) is 0 Å². The third kappa shape index (κ3) is 4.40. The highest BCUT2D eigenvalue weighted by molar-refractivity contribution is 8.00. The molecule has 2 rings (SSSR count). The van der Waals surface area contributed by atoms with Crippen molar-refractivity contribution >= 4 is 46.6 Å². The van der Waals surface area contributed by atoms with Gasteiger partial charge in [0.2, 0.25) is 5.91 Å². The lowest BCUT2D eigenvalue weighted by Crippen LogP contribution is -2.15. The molecule has 1 amide bonds. The summed E-state index contributed by atoms with van der Waals surface area (Å²) >= 11 is 13.4. The van der Waals surface area contributed by atoms with Crippen molar-refractivity contribution in [1.82, 2.24) is 0 Å². The molecule has 21 heavy (non-hydrogen) atoms. The number of carbonyl (C=O) groups is 1. The average molecular weight is 340 g/mol. The number of hydrogen-bond acceptors (Lipinski definition) is 2. The van der Waals surface area contributed by atoms with E-state index >= 15 is 0 Å². The highest BCUT2D eigenvalue weighted by Gasteiger charge is 2.09. The molecular formula is C16H15Cl2NOS. The standard InChI is InChI=1S/C16H15Cl2NOS/c1-10-4-3-5-11(2)16(10)19-15(20)9-21-14-8-12(17)6-7-13(14)18/h3-8H,9H2,1-2H3,(H,19,20). The fraction of sp³-hybridized carbons (Fsp3) is 0.188. The lowest BCUT2D eigenvalue weighted by atomic mass is 10.1. The van der Waals surface area contributed by atoms with Crippen molar-refractivity contribution in [3.63, 3.8) is 0 Å². The third-order valence-electron chi connectivity index (χ3n) is 3.00. The number of nitrogens with one attached hydrogen (secondary N) is 1. The quantitative estimate of drug-likeness (QED) is 0.761. The SMILES string of the molecule is Cc1cccc(C)c1NC(=O)CSc1cc(Cl)ccc1Cl. The predicted octanol–water partition coefficient (Wildman–Crippen LogP) is 5.34. The Morgan fingerprint density at radius 3 is 2.48 bits per heavy atom. The van der Waals surface area contributed by atoms with Crippen LogP contribution in [0.15, 0.2) is 41.3 Å². The number of halogens is 2. The molecule has 110 valence electrons. The molecule has 0 bridgehead atoms. The predicted molar refractivity (Wildman–Crippen MR) is 91.7 cm³/mol. The second kappa shape index (κ2) is 7.21. The van der Waals surface area contributed by atoms with E-state index in [0.29, 0.717) is 10.0 Å². The van der Waals surface area contributed by atoms with Crippen LogP contribution in [0.1, 0.15) is 11.1 Å². The van der Waals surface area contributed by atoms with Crippen molar-refractivity contribution in [1.29, 1.82) is 0 Å². The van der Waals surface area contributed by atoms with E-state index in [0.717, 1.165) is 21.7 Å². The first kappa shape index (κ1) is 16.2. The van der Waals surface area contributed by atoms with E-state index in [-0.39, 0.29) is 11.7 Å². The van der Waals surface area contributed by atoms with Crippen molar-refractivity contribution in [3.05, 3.63) is 57.6 Å². The highest BCUT2D eigenvalue weighted by atomic mass is 35.5. The first-order chi connectivity index (χ1) is 9.97. The molecule has 0 radical (unpaired) electrons. The van der Waals surface area contributed by atoms with Gasteiger partial charge < -0.3 is 5.32 Å². The van der Waals surface area contributed by atoms with Gasteiger partial charge in [-0.15, -0.1) is 11.8 Å². The number of benzene rings is 2. The van der Waals surface area contributed by atoms with Crippen LogP contribution in [0.2, 0.25) is 10.0 Å². The largest absolute Gasteiger partial charge is 0.325 e. The maximum absolute atomic E-state index is 12.1. The van der Waals surface area contributed by atoms with E-state index in [2.05, 4.69) is 5.32 Å². The highest BCUT2D eigenvalue weighted by Crippen LogP contribution is 2.30. The van der Waals surface area contributed by atoms with E-state index < -0.39 is 0 Å². The molecule has 0 heterocycles. The van der Waals surface area contributed by atoms with Crippen LogP contribution in [-0.2, 0) is 4.79 Å². The summed E-state index contributed by atoms with van der Waals surface area (Å²) < 4.78 is 0. The summed E-state index contributed by atoms with van der Waals surface area (Å²) in [5.41, 5.74) is 2.98. The Labute approximate surface area is 138 Å². The van der Waals surface area contributed by atoms with Crippen molar-refractivity contribution in [2.75, 3.05) is 11.1 Å². The fourth-order valence-corrected chi connectivity index (χ4v) is 3.21. The van der Waals surface area contributed by atoms with E-state index in [1.807, 2.05) is 32.0 Å². The van der Waals surface area contributed by atoms with Gasteiger partial charge in [0.15, 0.2) is 0 Å². The van der Waals surface area contributed by atoms with Gasteiger partial charge >= 0.3 is 0 Å². The zero-order valence-corrected chi connectivity index (χ0v) is 14.1. The number of amides is 1. The molecule has 0 unspecified atom stereocenters. The Bertz CT molecular complexity index is 653. The van der Waals surface area contributed by atoms with E-state index in [1.165, 1.54) is 11.8 Å². The zero-order chi connectivity index (χ0) is 15.4. The Kier molecular flexibility index (Phi) is 5.57. The lowest BCUT2D eigenvalue weighted by Gasteiger charge is -2.11. The number of rotatable bonds is 4. The minimum atomic E-state index is -0.0616. The van der Waals surface area contributed by atoms with Gasteiger partial charge in [-0.1, -0.05) is 41.4 Å². The maximum Gasteiger partial charge on any atom is 0.234 e. The summed E-state index contributed by atoms with van der Waals surface area (Å²) in [6, 6.07) is 11.1. The maximum atomic E-state index is 12.1. The summed E-state index contributed by atoms with van der Waals surface area (Å²) in [6.45, 7) is 3.95. The molecule has 0 aliphatic heterocycles. The monoisotopic (exact) mass is 339 g/mol. The Balaban J connectivity index is 2.01. The number of hydrogen-bond donors (Lipinski definition) is 1. The van der Waals surface area contributed by atoms with Crippen LogP contribution < -0.4 is 5.32 Å². The van der Waals surface area contributed by atoms with Gasteiger partial charge in [0.05, 0.1) is 10.8 Å². The second-order valence-electron chi connectivity index (χ2n) is 4.68. The van der Waals surface area contributed by atoms with Crippen LogP contribution in [-0.4, -0.2) is 11.7 Å². The topological polar surface area (TPSA) is 29.1 Å². The van der Waals surface area contributed by atoms with Gasteiger partial charge in [-0.25, -0.2) is 0 Å². The van der Waals surface area contributed by atoms with Crippen LogP contribution in [0.4, 0.5) is 5.69 Å². The summed E-state index contributed by atoms with van der Waals surface area (Å²) in [5.74, 6) is 0.224. The van der Waals surface area contributed by atoms with Gasteiger partial charge in [0.1, 0.15) is 0 Å². The molecule has 1 N–H and O–H groups in total. The molecule has 0 spiro atoms. The first-order valence-electron chi connectivity index (χ1n) is 6.41. The molecule has 0 saturated carbocycles. The number of para-hydroxylation sites is 1. The summed E-state index contributed by atoms with van der Waals surface area (Å²) in [7, 11) is 0. The van der Waals surface area contributed by atoms with E-state index in [9.17, 15) is 4.79 Å². The van der Waals surface area contributed by atoms with Gasteiger partial charge in [0, 0.05) is 15.6 Å². The molecule has 5 heteroatoms. The second-order valence-corrected chi connectivity index (χ2v) is 6.54. The Hall–Kier alpha value is -1.16. The minimum absolute atomic E-state index is 0.0616. The lowest BCUT2D eigenvalue weighted by molar-refractivity contribution is -0.113. The average Bonchev–Trinajstić information content (AvgIpc) is 2.44. The number of aryl methyl sites for hydroxylation is 2. The number of thioether (sulfide) groups is 1. The van der Waals surface area contributed by atoms with Gasteiger partial charge in [0.25, 0.3) is 0 Å². The molecule has 0 fully saturated rings. The van der Waals surface area contributed by atoms with Crippen molar-refractivity contribution < 1.29 is 4.79 Å². The molecule has 0 aliphatic carbocycles. The molecule has 2 aromatic carbocycles. The van der Waals surface area contributed by atoms with Crippen LogP contribution in [0.5, 0.6) is 0 Å². The summed E-state index contributed by atoms with van der Waals surface area (Å²) in [5, 5.41) is 4.16. The van der Waals surface area contributed by atoms with Crippen LogP contribution >= 0.6 is 35.0 Å². The third-order valence-corrected chi connectivity index (χ3v) is 4.73. The smallest absolute Gasteiger partial charge is 0.234 e. The fourth-order valence-electron chi connectivity index (χ4n) is 1.92. The summed E-state index contributed by atoms with van der Waals surface area (Å²) in [4.78, 5) is 12.9. The molecule has 0 aromatic heterocycles. The number of anilines is 1. The molecule has 2 aromatic rings. The number of carbonyl (C=O) groups excluding carboxylic acids is 1. The van der Waals surface area contributed by atoms with Gasteiger partial charge in [-0.3, -0.25) is 4.79 Å². The molecule has 0 saturated heterocycles. The van der Waals surface area contributed by atoms with E-state index in [1.54, 1.807) is 18.2 Å². The molecular weight excluding hydrogens is 325 g/mol. The van der Waals surface area contributed by atoms with Crippen LogP contribution in [0.3, 0.4) is 0 Å². The van der Waals surface area contributed by atoms with Crippen molar-refractivity contribution in [2.45, 2.75) is 18.7 Å². The normalized spacial score (nSPS) is 10.5. The Morgan fingerprint density at radius 2 is 1.81 bits per heavy atom. The van der Waals surface area contributed by atoms with Crippen LogP contribution in [0.25, 0.3) is 0 Å².